The van der Waals surface area contributed by atoms with E-state index >= 15 is 0 Å². The topological polar surface area (TPSA) is 40.5 Å². The van der Waals surface area contributed by atoms with Crippen LogP contribution in [0.2, 0.25) is 0 Å². The zero-order valence-corrected chi connectivity index (χ0v) is 13.1. The van der Waals surface area contributed by atoms with Crippen molar-refractivity contribution in [2.24, 2.45) is 5.92 Å². The fourth-order valence-electron chi connectivity index (χ4n) is 3.17. The molecule has 0 aliphatic carbocycles. The fraction of sp³-hybridized carbons (Fsp3) is 0.588. The summed E-state index contributed by atoms with van der Waals surface area (Å²) in [5.74, 6) is -0.436. The molecule has 1 N–H and O–H groups in total. The van der Waals surface area contributed by atoms with Crippen molar-refractivity contribution in [3.63, 3.8) is 0 Å². The lowest BCUT2D eigenvalue weighted by atomic mass is 9.91. The lowest BCUT2D eigenvalue weighted by Crippen LogP contribution is -2.37. The second-order valence-electron chi connectivity index (χ2n) is 6.23. The highest BCUT2D eigenvalue weighted by molar-refractivity contribution is 5.66. The number of carboxylic acids is 1. The van der Waals surface area contributed by atoms with Gasteiger partial charge in [-0.3, -0.25) is 9.69 Å². The Morgan fingerprint density at radius 3 is 2.57 bits per heavy atom. The van der Waals surface area contributed by atoms with Crippen molar-refractivity contribution in [2.45, 2.75) is 44.8 Å². The molecule has 23 heavy (non-hydrogen) atoms. The molecule has 128 valence electrons. The average Bonchev–Trinajstić information content (AvgIpc) is 2.52. The summed E-state index contributed by atoms with van der Waals surface area (Å²) >= 11 is 0. The highest BCUT2D eigenvalue weighted by Crippen LogP contribution is 2.32. The highest BCUT2D eigenvalue weighted by atomic mass is 19.4. The standard InChI is InChI=1S/C17H22F3NO2/c1-12(14-5-7-15(8-6-14)17(18,19)20)21-10-2-3-13(11-21)4-9-16(22)23/h5-8,12-13H,2-4,9-11H2,1H3,(H,22,23). The van der Waals surface area contributed by atoms with Crippen LogP contribution in [0.3, 0.4) is 0 Å². The van der Waals surface area contributed by atoms with Gasteiger partial charge in [0.15, 0.2) is 0 Å². The van der Waals surface area contributed by atoms with Crippen LogP contribution >= 0.6 is 0 Å². The summed E-state index contributed by atoms with van der Waals surface area (Å²) in [6.45, 7) is 3.68. The van der Waals surface area contributed by atoms with Gasteiger partial charge in [-0.1, -0.05) is 12.1 Å². The maximum atomic E-state index is 12.6. The van der Waals surface area contributed by atoms with Crippen LogP contribution in [0.15, 0.2) is 24.3 Å². The number of nitrogens with zero attached hydrogens (tertiary/aromatic N) is 1. The number of halogens is 3. The number of piperidine rings is 1. The summed E-state index contributed by atoms with van der Waals surface area (Å²) in [5, 5.41) is 8.78. The van der Waals surface area contributed by atoms with E-state index in [9.17, 15) is 18.0 Å². The first-order chi connectivity index (χ1) is 10.8. The highest BCUT2D eigenvalue weighted by Gasteiger charge is 2.30. The van der Waals surface area contributed by atoms with E-state index in [2.05, 4.69) is 4.90 Å². The Kier molecular flexibility index (Phi) is 5.68. The summed E-state index contributed by atoms with van der Waals surface area (Å²) in [6.07, 6.45) is -1.47. The Morgan fingerprint density at radius 1 is 1.35 bits per heavy atom. The van der Waals surface area contributed by atoms with Gasteiger partial charge in [0, 0.05) is 19.0 Å². The van der Waals surface area contributed by atoms with Gasteiger partial charge in [0.1, 0.15) is 0 Å². The van der Waals surface area contributed by atoms with Crippen molar-refractivity contribution in [3.05, 3.63) is 35.4 Å². The molecule has 1 aliphatic rings. The van der Waals surface area contributed by atoms with E-state index < -0.39 is 17.7 Å². The van der Waals surface area contributed by atoms with Gasteiger partial charge in [-0.2, -0.15) is 13.2 Å². The Hall–Kier alpha value is -1.56. The number of aliphatic carboxylic acids is 1. The largest absolute Gasteiger partial charge is 0.481 e. The van der Waals surface area contributed by atoms with Crippen LogP contribution in [0.4, 0.5) is 13.2 Å². The third-order valence-electron chi connectivity index (χ3n) is 4.58. The van der Waals surface area contributed by atoms with Crippen LogP contribution in [0.5, 0.6) is 0 Å². The molecule has 0 saturated carbocycles. The quantitative estimate of drug-likeness (QED) is 0.873. The molecule has 6 heteroatoms. The van der Waals surface area contributed by atoms with Crippen molar-refractivity contribution < 1.29 is 23.1 Å². The molecule has 1 aliphatic heterocycles. The molecule has 0 aromatic heterocycles. The first kappa shape index (κ1) is 17.8. The first-order valence-electron chi connectivity index (χ1n) is 7.90. The van der Waals surface area contributed by atoms with E-state index in [0.717, 1.165) is 43.6 Å². The number of carbonyl (C=O) groups is 1. The Balaban J connectivity index is 1.99. The predicted molar refractivity (Wildman–Crippen MR) is 81.0 cm³/mol. The smallest absolute Gasteiger partial charge is 0.416 e. The maximum absolute atomic E-state index is 12.6. The summed E-state index contributed by atoms with van der Waals surface area (Å²) < 4.78 is 37.9. The normalized spacial score (nSPS) is 21.1. The van der Waals surface area contributed by atoms with Crippen molar-refractivity contribution in [2.75, 3.05) is 13.1 Å². The number of rotatable bonds is 5. The van der Waals surface area contributed by atoms with Crippen LogP contribution in [-0.4, -0.2) is 29.1 Å². The van der Waals surface area contributed by atoms with Crippen molar-refractivity contribution in [1.82, 2.24) is 4.90 Å². The second kappa shape index (κ2) is 7.34. The van der Waals surface area contributed by atoms with E-state index in [0.29, 0.717) is 12.3 Å². The third kappa shape index (κ3) is 4.96. The van der Waals surface area contributed by atoms with Gasteiger partial charge in [0.05, 0.1) is 5.56 Å². The predicted octanol–water partition coefficient (Wildman–Crippen LogP) is 4.34. The molecule has 0 amide bonds. The van der Waals surface area contributed by atoms with Crippen LogP contribution in [0.25, 0.3) is 0 Å². The second-order valence-corrected chi connectivity index (χ2v) is 6.23. The minimum absolute atomic E-state index is 0.0323. The van der Waals surface area contributed by atoms with Crippen LogP contribution in [0.1, 0.15) is 49.8 Å². The van der Waals surface area contributed by atoms with Crippen LogP contribution in [0, 0.1) is 5.92 Å². The van der Waals surface area contributed by atoms with Crippen molar-refractivity contribution >= 4 is 5.97 Å². The van der Waals surface area contributed by atoms with Gasteiger partial charge in [0.25, 0.3) is 0 Å². The SMILES string of the molecule is CC(c1ccc(C(F)(F)F)cc1)N1CCCC(CCC(=O)O)C1. The summed E-state index contributed by atoms with van der Waals surface area (Å²) in [4.78, 5) is 12.9. The molecule has 1 aromatic rings. The van der Waals surface area contributed by atoms with Gasteiger partial charge < -0.3 is 5.11 Å². The minimum atomic E-state index is -4.31. The Bertz CT molecular complexity index is 528. The molecular formula is C17H22F3NO2. The molecule has 2 rings (SSSR count). The molecular weight excluding hydrogens is 307 g/mol. The summed E-state index contributed by atoms with van der Waals surface area (Å²) in [6, 6.07) is 5.35. The third-order valence-corrected chi connectivity index (χ3v) is 4.58. The summed E-state index contributed by atoms with van der Waals surface area (Å²) in [5.41, 5.74) is 0.225. The number of alkyl halides is 3. The van der Waals surface area contributed by atoms with E-state index in [-0.39, 0.29) is 12.5 Å². The van der Waals surface area contributed by atoms with Crippen LogP contribution in [-0.2, 0) is 11.0 Å². The van der Waals surface area contributed by atoms with Gasteiger partial charge in [-0.25, -0.2) is 0 Å². The van der Waals surface area contributed by atoms with Crippen molar-refractivity contribution in [1.29, 1.82) is 0 Å². The van der Waals surface area contributed by atoms with Crippen LogP contribution < -0.4 is 0 Å². The van der Waals surface area contributed by atoms with E-state index in [1.807, 2.05) is 6.92 Å². The first-order valence-corrected chi connectivity index (χ1v) is 7.90. The van der Waals surface area contributed by atoms with Gasteiger partial charge in [0.2, 0.25) is 0 Å². The molecule has 1 saturated heterocycles. The minimum Gasteiger partial charge on any atom is -0.481 e. The molecule has 2 unspecified atom stereocenters. The zero-order valence-electron chi connectivity index (χ0n) is 13.1. The number of likely N-dealkylation sites (tertiary alicyclic amines) is 1. The average molecular weight is 329 g/mol. The maximum Gasteiger partial charge on any atom is 0.416 e. The number of hydrogen-bond acceptors (Lipinski definition) is 2. The molecule has 2 atom stereocenters. The fourth-order valence-corrected chi connectivity index (χ4v) is 3.17. The summed E-state index contributed by atoms with van der Waals surface area (Å²) in [7, 11) is 0. The monoisotopic (exact) mass is 329 g/mol. The van der Waals surface area contributed by atoms with E-state index in [4.69, 9.17) is 5.11 Å². The molecule has 1 heterocycles. The lowest BCUT2D eigenvalue weighted by molar-refractivity contribution is -0.138. The van der Waals surface area contributed by atoms with E-state index in [1.54, 1.807) is 0 Å². The lowest BCUT2D eigenvalue weighted by Gasteiger charge is -2.37. The number of benzene rings is 1. The molecule has 1 fully saturated rings. The van der Waals surface area contributed by atoms with E-state index in [1.165, 1.54) is 12.1 Å². The number of carboxylic acid groups (broad SMARTS) is 1. The Morgan fingerprint density at radius 2 is 2.00 bits per heavy atom. The molecule has 0 bridgehead atoms. The van der Waals surface area contributed by atoms with Gasteiger partial charge >= 0.3 is 12.1 Å². The van der Waals surface area contributed by atoms with Gasteiger partial charge in [-0.15, -0.1) is 0 Å². The Labute approximate surface area is 134 Å². The molecule has 0 radical (unpaired) electrons. The molecule has 0 spiro atoms. The zero-order chi connectivity index (χ0) is 17.0. The number of hydrogen-bond donors (Lipinski definition) is 1. The molecule has 1 aromatic carbocycles. The van der Waals surface area contributed by atoms with Gasteiger partial charge in [-0.05, 0) is 56.3 Å². The molecule has 3 nitrogen and oxygen atoms in total. The van der Waals surface area contributed by atoms with Crippen molar-refractivity contribution in [3.8, 4) is 0 Å².